The molecule has 2 aromatic heterocycles. The van der Waals surface area contributed by atoms with Crippen molar-refractivity contribution in [1.29, 1.82) is 0 Å². The topological polar surface area (TPSA) is 72.5 Å². The predicted octanol–water partition coefficient (Wildman–Crippen LogP) is 4.53. The standard InChI is InChI=1S/C26H29N5O2S/c1-17-12-13-18(2)22(16-17)30-24(33)20-10-6-7-11-21(20)31-25(30)27-28-26(31)34-19(3)23(32)29-14-8-4-5-9-15-29/h6-7,10-13,16,19H,4-5,8-9,14-15H2,1-3H3. The summed E-state index contributed by atoms with van der Waals surface area (Å²) in [6.07, 6.45) is 4.48. The maximum absolute atomic E-state index is 13.6. The van der Waals surface area contributed by atoms with Crippen molar-refractivity contribution in [1.82, 2.24) is 24.1 Å². The Balaban J connectivity index is 1.64. The van der Waals surface area contributed by atoms with E-state index in [1.165, 1.54) is 24.6 Å². The minimum Gasteiger partial charge on any atom is -0.342 e. The summed E-state index contributed by atoms with van der Waals surface area (Å²) in [7, 11) is 0. The van der Waals surface area contributed by atoms with Gasteiger partial charge in [-0.15, -0.1) is 10.2 Å². The van der Waals surface area contributed by atoms with Crippen LogP contribution in [0.2, 0.25) is 0 Å². The van der Waals surface area contributed by atoms with Crippen molar-refractivity contribution in [3.63, 3.8) is 0 Å². The molecule has 2 aromatic carbocycles. The molecule has 176 valence electrons. The van der Waals surface area contributed by atoms with Gasteiger partial charge in [-0.3, -0.25) is 14.0 Å². The second-order valence-electron chi connectivity index (χ2n) is 9.07. The van der Waals surface area contributed by atoms with Gasteiger partial charge in [0.05, 0.1) is 21.8 Å². The van der Waals surface area contributed by atoms with E-state index >= 15 is 0 Å². The van der Waals surface area contributed by atoms with E-state index < -0.39 is 0 Å². The van der Waals surface area contributed by atoms with Crippen LogP contribution >= 0.6 is 11.8 Å². The third-order valence-electron chi connectivity index (χ3n) is 6.55. The molecule has 1 unspecified atom stereocenters. The van der Waals surface area contributed by atoms with Gasteiger partial charge < -0.3 is 4.90 Å². The number of hydrogen-bond donors (Lipinski definition) is 0. The lowest BCUT2D eigenvalue weighted by Crippen LogP contribution is -2.37. The van der Waals surface area contributed by atoms with E-state index in [2.05, 4.69) is 10.2 Å². The van der Waals surface area contributed by atoms with Crippen LogP contribution in [0.3, 0.4) is 0 Å². The summed E-state index contributed by atoms with van der Waals surface area (Å²) in [5.74, 6) is 0.588. The third kappa shape index (κ3) is 4.00. The highest BCUT2D eigenvalue weighted by atomic mass is 32.2. The van der Waals surface area contributed by atoms with Crippen molar-refractivity contribution < 1.29 is 4.79 Å². The van der Waals surface area contributed by atoms with Crippen LogP contribution in [0, 0.1) is 13.8 Å². The summed E-state index contributed by atoms with van der Waals surface area (Å²) in [6, 6.07) is 13.6. The highest BCUT2D eigenvalue weighted by molar-refractivity contribution is 8.00. The minimum absolute atomic E-state index is 0.130. The number of carbonyl (C=O) groups excluding carboxylic acids is 1. The van der Waals surface area contributed by atoms with Gasteiger partial charge in [0.25, 0.3) is 5.56 Å². The lowest BCUT2D eigenvalue weighted by Gasteiger charge is -2.23. The molecule has 1 aliphatic rings. The number of fused-ring (bicyclic) bond motifs is 3. The number of benzene rings is 2. The largest absolute Gasteiger partial charge is 0.342 e. The summed E-state index contributed by atoms with van der Waals surface area (Å²) in [6.45, 7) is 7.56. The van der Waals surface area contributed by atoms with Crippen LogP contribution in [-0.4, -0.2) is 48.3 Å². The molecule has 8 heteroatoms. The molecule has 0 spiro atoms. The fourth-order valence-electron chi connectivity index (χ4n) is 4.69. The number of amides is 1. The molecule has 1 amide bonds. The Morgan fingerprint density at radius 1 is 1.00 bits per heavy atom. The molecule has 3 heterocycles. The maximum atomic E-state index is 13.6. The Morgan fingerprint density at radius 2 is 1.74 bits per heavy atom. The lowest BCUT2D eigenvalue weighted by atomic mass is 10.1. The molecule has 4 aromatic rings. The lowest BCUT2D eigenvalue weighted by molar-refractivity contribution is -0.130. The molecular formula is C26H29N5O2S. The number of nitrogens with zero attached hydrogens (tertiary/aromatic N) is 5. The third-order valence-corrected chi connectivity index (χ3v) is 7.58. The summed E-state index contributed by atoms with van der Waals surface area (Å²) < 4.78 is 3.55. The second-order valence-corrected chi connectivity index (χ2v) is 10.4. The Labute approximate surface area is 202 Å². The molecule has 0 saturated carbocycles. The number of thioether (sulfide) groups is 1. The van der Waals surface area contributed by atoms with E-state index in [9.17, 15) is 9.59 Å². The number of aromatic nitrogens is 4. The van der Waals surface area contributed by atoms with Crippen molar-refractivity contribution >= 4 is 34.3 Å². The average molecular weight is 476 g/mol. The van der Waals surface area contributed by atoms with Gasteiger partial charge in [-0.1, -0.05) is 48.9 Å². The van der Waals surface area contributed by atoms with Gasteiger partial charge in [-0.2, -0.15) is 0 Å². The first-order chi connectivity index (χ1) is 16.5. The zero-order valence-electron chi connectivity index (χ0n) is 19.8. The van der Waals surface area contributed by atoms with Crippen LogP contribution in [0.4, 0.5) is 0 Å². The van der Waals surface area contributed by atoms with E-state index in [0.29, 0.717) is 16.3 Å². The molecule has 1 saturated heterocycles. The number of hydrogen-bond acceptors (Lipinski definition) is 5. The van der Waals surface area contributed by atoms with Gasteiger partial charge in [-0.25, -0.2) is 4.57 Å². The van der Waals surface area contributed by atoms with Crippen LogP contribution in [0.5, 0.6) is 0 Å². The van der Waals surface area contributed by atoms with Gasteiger partial charge >= 0.3 is 0 Å². The summed E-state index contributed by atoms with van der Waals surface area (Å²) in [5, 5.41) is 9.80. The van der Waals surface area contributed by atoms with Crippen LogP contribution < -0.4 is 5.56 Å². The van der Waals surface area contributed by atoms with Crippen molar-refractivity contribution in [2.75, 3.05) is 13.1 Å². The number of aryl methyl sites for hydroxylation is 2. The van der Waals surface area contributed by atoms with E-state index in [4.69, 9.17) is 0 Å². The van der Waals surface area contributed by atoms with Crippen LogP contribution in [0.25, 0.3) is 22.4 Å². The van der Waals surface area contributed by atoms with Gasteiger partial charge in [0, 0.05) is 13.1 Å². The SMILES string of the molecule is Cc1ccc(C)c(-n2c(=O)c3ccccc3n3c(SC(C)C(=O)N4CCCCCC4)nnc23)c1. The fourth-order valence-corrected chi connectivity index (χ4v) is 5.63. The molecule has 1 atom stereocenters. The zero-order valence-corrected chi connectivity index (χ0v) is 20.6. The average Bonchev–Trinajstić information content (AvgIpc) is 3.05. The smallest absolute Gasteiger partial charge is 0.267 e. The second kappa shape index (κ2) is 9.25. The molecule has 0 N–H and O–H groups in total. The maximum Gasteiger partial charge on any atom is 0.267 e. The monoisotopic (exact) mass is 475 g/mol. The molecule has 34 heavy (non-hydrogen) atoms. The normalized spacial score (nSPS) is 15.6. The minimum atomic E-state index is -0.301. The van der Waals surface area contributed by atoms with Crippen molar-refractivity contribution in [2.45, 2.75) is 56.9 Å². The quantitative estimate of drug-likeness (QED) is 0.406. The van der Waals surface area contributed by atoms with Crippen molar-refractivity contribution in [3.05, 3.63) is 63.9 Å². The molecule has 0 bridgehead atoms. The van der Waals surface area contributed by atoms with Gasteiger partial charge in [0.1, 0.15) is 0 Å². The number of likely N-dealkylation sites (tertiary alicyclic amines) is 1. The molecular weight excluding hydrogens is 446 g/mol. The van der Waals surface area contributed by atoms with E-state index in [0.717, 1.165) is 48.3 Å². The van der Waals surface area contributed by atoms with Crippen LogP contribution in [0.1, 0.15) is 43.7 Å². The number of para-hydroxylation sites is 1. The first-order valence-corrected chi connectivity index (χ1v) is 12.8. The summed E-state index contributed by atoms with van der Waals surface area (Å²) >= 11 is 1.40. The molecule has 0 aliphatic carbocycles. The summed E-state index contributed by atoms with van der Waals surface area (Å²) in [4.78, 5) is 28.8. The molecule has 5 rings (SSSR count). The van der Waals surface area contributed by atoms with E-state index in [1.54, 1.807) is 4.57 Å². The van der Waals surface area contributed by atoms with Gasteiger partial charge in [0.15, 0.2) is 5.16 Å². The number of carbonyl (C=O) groups is 1. The van der Waals surface area contributed by atoms with Crippen molar-refractivity contribution in [2.24, 2.45) is 0 Å². The van der Waals surface area contributed by atoms with Gasteiger partial charge in [0.2, 0.25) is 11.7 Å². The predicted molar refractivity (Wildman–Crippen MR) is 136 cm³/mol. The first kappa shape index (κ1) is 22.7. The number of rotatable bonds is 4. The zero-order chi connectivity index (χ0) is 23.8. The Hall–Kier alpha value is -3.13. The molecule has 0 radical (unpaired) electrons. The Morgan fingerprint density at radius 3 is 2.50 bits per heavy atom. The highest BCUT2D eigenvalue weighted by Crippen LogP contribution is 2.28. The molecule has 1 fully saturated rings. The van der Waals surface area contributed by atoms with E-state index in [1.807, 2.05) is 72.5 Å². The fraction of sp³-hybridized carbons (Fsp3) is 0.385. The van der Waals surface area contributed by atoms with Crippen LogP contribution in [0.15, 0.2) is 52.4 Å². The highest BCUT2D eigenvalue weighted by Gasteiger charge is 2.26. The molecule has 7 nitrogen and oxygen atoms in total. The Kier molecular flexibility index (Phi) is 6.16. The Bertz CT molecular complexity index is 1430. The van der Waals surface area contributed by atoms with Crippen LogP contribution in [-0.2, 0) is 4.79 Å². The van der Waals surface area contributed by atoms with Gasteiger partial charge in [-0.05, 0) is 62.9 Å². The first-order valence-electron chi connectivity index (χ1n) is 11.9. The van der Waals surface area contributed by atoms with E-state index in [-0.39, 0.29) is 16.7 Å². The molecule has 1 aliphatic heterocycles. The van der Waals surface area contributed by atoms with Crippen molar-refractivity contribution in [3.8, 4) is 5.69 Å². The summed E-state index contributed by atoms with van der Waals surface area (Å²) in [5.41, 5.74) is 3.44.